The zero-order valence-corrected chi connectivity index (χ0v) is 11.1. The molecule has 6 heteroatoms. The van der Waals surface area contributed by atoms with Crippen molar-refractivity contribution in [3.05, 3.63) is 29.8 Å². The van der Waals surface area contributed by atoms with Crippen LogP contribution in [0.25, 0.3) is 0 Å². The largest absolute Gasteiger partial charge is 0.508 e. The van der Waals surface area contributed by atoms with Gasteiger partial charge in [-0.15, -0.1) is 0 Å². The molecule has 0 heterocycles. The second-order valence-electron chi connectivity index (χ2n) is 4.99. The Kier molecular flexibility index (Phi) is 4.63. The number of phenols is 1. The van der Waals surface area contributed by atoms with Gasteiger partial charge in [-0.3, -0.25) is 9.59 Å². The number of benzene rings is 1. The molecular weight excluding hydrogens is 246 g/mol. The van der Waals surface area contributed by atoms with Crippen molar-refractivity contribution in [2.45, 2.75) is 26.3 Å². The van der Waals surface area contributed by atoms with Gasteiger partial charge < -0.3 is 10.4 Å². The summed E-state index contributed by atoms with van der Waals surface area (Å²) in [5, 5.41) is 15.3. The molecular formula is C13H17N3O3. The van der Waals surface area contributed by atoms with Crippen molar-refractivity contribution in [3.63, 3.8) is 0 Å². The van der Waals surface area contributed by atoms with Gasteiger partial charge in [0.2, 0.25) is 0 Å². The van der Waals surface area contributed by atoms with Crippen molar-refractivity contribution >= 4 is 18.0 Å². The second-order valence-corrected chi connectivity index (χ2v) is 4.99. The highest BCUT2D eigenvalue weighted by atomic mass is 16.3. The first-order valence-corrected chi connectivity index (χ1v) is 5.72. The predicted molar refractivity (Wildman–Crippen MR) is 71.7 cm³/mol. The van der Waals surface area contributed by atoms with E-state index in [1.807, 2.05) is 0 Å². The third kappa shape index (κ3) is 5.67. The summed E-state index contributed by atoms with van der Waals surface area (Å²) >= 11 is 0. The number of amides is 2. The van der Waals surface area contributed by atoms with Crippen LogP contribution in [-0.4, -0.2) is 28.7 Å². The zero-order valence-electron chi connectivity index (χ0n) is 11.1. The Bertz CT molecular complexity index is 487. The predicted octanol–water partition coefficient (Wildman–Crippen LogP) is 0.757. The maximum atomic E-state index is 11.4. The van der Waals surface area contributed by atoms with E-state index in [-0.39, 0.29) is 5.75 Å². The molecule has 0 saturated carbocycles. The van der Waals surface area contributed by atoms with E-state index in [0.717, 1.165) is 0 Å². The van der Waals surface area contributed by atoms with Crippen LogP contribution in [0, 0.1) is 0 Å². The fraction of sp³-hybridized carbons (Fsp3) is 0.308. The molecule has 0 saturated heterocycles. The van der Waals surface area contributed by atoms with Gasteiger partial charge in [-0.05, 0) is 50.6 Å². The fourth-order valence-electron chi connectivity index (χ4n) is 1.17. The van der Waals surface area contributed by atoms with Gasteiger partial charge in [0.1, 0.15) is 5.75 Å². The number of aromatic hydroxyl groups is 1. The molecule has 0 unspecified atom stereocenters. The van der Waals surface area contributed by atoms with Crippen LogP contribution in [0.2, 0.25) is 0 Å². The lowest BCUT2D eigenvalue weighted by atomic mass is 10.1. The minimum atomic E-state index is -0.829. The van der Waals surface area contributed by atoms with Crippen molar-refractivity contribution in [1.82, 2.24) is 10.7 Å². The topological polar surface area (TPSA) is 90.8 Å². The number of hydrogen-bond donors (Lipinski definition) is 3. The Balaban J connectivity index is 2.50. The summed E-state index contributed by atoms with van der Waals surface area (Å²) in [5.74, 6) is -1.42. The van der Waals surface area contributed by atoms with Gasteiger partial charge >= 0.3 is 11.8 Å². The minimum absolute atomic E-state index is 0.144. The van der Waals surface area contributed by atoms with Crippen LogP contribution in [0.4, 0.5) is 0 Å². The maximum absolute atomic E-state index is 11.4. The van der Waals surface area contributed by atoms with Crippen LogP contribution in [0.3, 0.4) is 0 Å². The van der Waals surface area contributed by atoms with Gasteiger partial charge in [-0.25, -0.2) is 5.43 Å². The van der Waals surface area contributed by atoms with Crippen LogP contribution in [-0.2, 0) is 9.59 Å². The van der Waals surface area contributed by atoms with E-state index in [9.17, 15) is 9.59 Å². The molecule has 19 heavy (non-hydrogen) atoms. The van der Waals surface area contributed by atoms with Gasteiger partial charge in [-0.1, -0.05) is 0 Å². The average molecular weight is 263 g/mol. The highest BCUT2D eigenvalue weighted by molar-refractivity contribution is 6.35. The van der Waals surface area contributed by atoms with Gasteiger partial charge in [0.15, 0.2) is 0 Å². The Morgan fingerprint density at radius 1 is 1.16 bits per heavy atom. The number of rotatable bonds is 2. The van der Waals surface area contributed by atoms with Crippen molar-refractivity contribution in [1.29, 1.82) is 0 Å². The van der Waals surface area contributed by atoms with E-state index >= 15 is 0 Å². The average Bonchev–Trinajstić information content (AvgIpc) is 2.29. The van der Waals surface area contributed by atoms with Gasteiger partial charge in [0, 0.05) is 5.54 Å². The van der Waals surface area contributed by atoms with Crippen LogP contribution in [0.5, 0.6) is 5.75 Å². The van der Waals surface area contributed by atoms with Crippen LogP contribution >= 0.6 is 0 Å². The summed E-state index contributed by atoms with van der Waals surface area (Å²) in [6.45, 7) is 5.33. The molecule has 3 N–H and O–H groups in total. The van der Waals surface area contributed by atoms with Crippen molar-refractivity contribution in [2.24, 2.45) is 5.10 Å². The lowest BCUT2D eigenvalue weighted by molar-refractivity contribution is -0.140. The molecule has 1 aromatic carbocycles. The maximum Gasteiger partial charge on any atom is 0.329 e. The van der Waals surface area contributed by atoms with E-state index in [1.54, 1.807) is 32.9 Å². The van der Waals surface area contributed by atoms with Gasteiger partial charge in [0.25, 0.3) is 0 Å². The SMILES string of the molecule is CC(C)(C)NC(=O)C(=O)N/N=C\c1ccc(O)cc1. The zero-order chi connectivity index (χ0) is 14.5. The molecule has 0 spiro atoms. The summed E-state index contributed by atoms with van der Waals surface area (Å²) in [6.07, 6.45) is 1.38. The monoisotopic (exact) mass is 263 g/mol. The van der Waals surface area contributed by atoms with Gasteiger partial charge in [0.05, 0.1) is 6.21 Å². The van der Waals surface area contributed by atoms with E-state index in [1.165, 1.54) is 18.3 Å². The molecule has 0 fully saturated rings. The molecule has 1 rings (SSSR count). The summed E-state index contributed by atoms with van der Waals surface area (Å²) in [6, 6.07) is 6.24. The fourth-order valence-corrected chi connectivity index (χ4v) is 1.17. The number of carbonyl (C=O) groups is 2. The quantitative estimate of drug-likeness (QED) is 0.418. The first-order valence-electron chi connectivity index (χ1n) is 5.72. The number of nitrogens with zero attached hydrogens (tertiary/aromatic N) is 1. The second kappa shape index (κ2) is 5.99. The Morgan fingerprint density at radius 3 is 2.26 bits per heavy atom. The molecule has 0 atom stereocenters. The Labute approximate surface area is 111 Å². The third-order valence-corrected chi connectivity index (χ3v) is 1.97. The first kappa shape index (κ1) is 14.7. The van der Waals surface area contributed by atoms with Crippen molar-refractivity contribution in [2.75, 3.05) is 0 Å². The number of nitrogens with one attached hydrogen (secondary N) is 2. The van der Waals surface area contributed by atoms with E-state index in [2.05, 4.69) is 15.8 Å². The highest BCUT2D eigenvalue weighted by Crippen LogP contribution is 2.07. The third-order valence-electron chi connectivity index (χ3n) is 1.97. The van der Waals surface area contributed by atoms with Crippen LogP contribution in [0.1, 0.15) is 26.3 Å². The Hall–Kier alpha value is -2.37. The number of hydrazone groups is 1. The lowest BCUT2D eigenvalue weighted by Gasteiger charge is -2.19. The van der Waals surface area contributed by atoms with Gasteiger partial charge in [-0.2, -0.15) is 5.10 Å². The molecule has 0 aliphatic heterocycles. The number of phenolic OH excluding ortho intramolecular Hbond substituents is 1. The molecule has 2 amide bonds. The van der Waals surface area contributed by atoms with Crippen molar-refractivity contribution in [3.8, 4) is 5.75 Å². The first-order chi connectivity index (χ1) is 8.78. The van der Waals surface area contributed by atoms with Crippen molar-refractivity contribution < 1.29 is 14.7 Å². The van der Waals surface area contributed by atoms with Crippen LogP contribution in [0.15, 0.2) is 29.4 Å². The van der Waals surface area contributed by atoms with Crippen LogP contribution < -0.4 is 10.7 Å². The summed E-state index contributed by atoms with van der Waals surface area (Å²) in [4.78, 5) is 22.8. The van der Waals surface area contributed by atoms with E-state index in [4.69, 9.17) is 5.11 Å². The summed E-state index contributed by atoms with van der Waals surface area (Å²) < 4.78 is 0. The minimum Gasteiger partial charge on any atom is -0.508 e. The molecule has 1 aromatic rings. The standard InChI is InChI=1S/C13H17N3O3/c1-13(2,3)15-11(18)12(19)16-14-8-9-4-6-10(17)7-5-9/h4-8,17H,1-3H3,(H,15,18)(H,16,19)/b14-8-. The molecule has 0 bridgehead atoms. The molecule has 0 aliphatic rings. The molecule has 0 aromatic heterocycles. The summed E-state index contributed by atoms with van der Waals surface area (Å²) in [5.41, 5.74) is 2.34. The number of carbonyl (C=O) groups excluding carboxylic acids is 2. The van der Waals surface area contributed by atoms with E-state index in [0.29, 0.717) is 5.56 Å². The lowest BCUT2D eigenvalue weighted by Crippen LogP contribution is -2.47. The smallest absolute Gasteiger partial charge is 0.329 e. The molecule has 0 aliphatic carbocycles. The Morgan fingerprint density at radius 2 is 1.74 bits per heavy atom. The number of hydrogen-bond acceptors (Lipinski definition) is 4. The molecule has 0 radical (unpaired) electrons. The van der Waals surface area contributed by atoms with E-state index < -0.39 is 17.4 Å². The highest BCUT2D eigenvalue weighted by Gasteiger charge is 2.19. The normalized spacial score (nSPS) is 11.3. The molecule has 6 nitrogen and oxygen atoms in total. The molecule has 102 valence electrons. The summed E-state index contributed by atoms with van der Waals surface area (Å²) in [7, 11) is 0.